The summed E-state index contributed by atoms with van der Waals surface area (Å²) in [6.07, 6.45) is 9.69. The Balaban J connectivity index is 1.60. The molecule has 5 aliphatic rings. The smallest absolute Gasteiger partial charge is 0.227 e. The van der Waals surface area contributed by atoms with Gasteiger partial charge in [0.1, 0.15) is 0 Å². The van der Waals surface area contributed by atoms with E-state index in [9.17, 15) is 4.79 Å². The van der Waals surface area contributed by atoms with E-state index in [1.807, 2.05) is 0 Å². The molecule has 0 radical (unpaired) electrons. The molecule has 0 aromatic rings. The first-order valence-electron chi connectivity index (χ1n) is 8.33. The minimum Gasteiger partial charge on any atom is -0.350 e. The maximum absolute atomic E-state index is 12.7. The maximum atomic E-state index is 12.7. The van der Waals surface area contributed by atoms with Crippen LogP contribution < -0.4 is 11.1 Å². The van der Waals surface area contributed by atoms with E-state index in [-0.39, 0.29) is 16.9 Å². The van der Waals surface area contributed by atoms with Crippen LogP contribution in [0.1, 0.15) is 65.2 Å². The van der Waals surface area contributed by atoms with Crippen molar-refractivity contribution >= 4 is 5.91 Å². The molecular formula is C17H28N2O. The molecule has 20 heavy (non-hydrogen) atoms. The van der Waals surface area contributed by atoms with E-state index in [0.29, 0.717) is 17.4 Å². The third-order valence-electron chi connectivity index (χ3n) is 6.73. The van der Waals surface area contributed by atoms with Crippen LogP contribution in [-0.4, -0.2) is 18.0 Å². The first kappa shape index (κ1) is 13.1. The largest absolute Gasteiger partial charge is 0.350 e. The molecular weight excluding hydrogens is 248 g/mol. The summed E-state index contributed by atoms with van der Waals surface area (Å²) in [5, 5.41) is 3.51. The zero-order valence-electron chi connectivity index (χ0n) is 12.9. The predicted octanol–water partition coefficient (Wildman–Crippen LogP) is 2.59. The zero-order valence-corrected chi connectivity index (χ0v) is 12.9. The standard InChI is InChI=1S/C17H28N2O/c1-14-5-12-6-15(2,8-14)10-17(7-12,9-14)19-13(20)16(11-18)3-4-16/h12H,3-11,18H2,1-2H3,(H,19,20). The van der Waals surface area contributed by atoms with E-state index in [0.717, 1.165) is 18.8 Å². The van der Waals surface area contributed by atoms with E-state index in [4.69, 9.17) is 5.73 Å². The fourth-order valence-electron chi connectivity index (χ4n) is 6.64. The molecule has 4 bridgehead atoms. The highest BCUT2D eigenvalue weighted by molar-refractivity contribution is 5.86. The van der Waals surface area contributed by atoms with Crippen molar-refractivity contribution in [3.63, 3.8) is 0 Å². The second-order valence-electron chi connectivity index (χ2n) is 9.35. The van der Waals surface area contributed by atoms with Crippen molar-refractivity contribution in [3.05, 3.63) is 0 Å². The van der Waals surface area contributed by atoms with Gasteiger partial charge in [0.15, 0.2) is 0 Å². The van der Waals surface area contributed by atoms with Crippen LogP contribution in [0.2, 0.25) is 0 Å². The summed E-state index contributed by atoms with van der Waals surface area (Å²) in [4.78, 5) is 12.7. The van der Waals surface area contributed by atoms with Crippen LogP contribution >= 0.6 is 0 Å². The lowest BCUT2D eigenvalue weighted by atomic mass is 9.42. The first-order chi connectivity index (χ1) is 9.30. The Bertz CT molecular complexity index is 450. The summed E-state index contributed by atoms with van der Waals surface area (Å²) < 4.78 is 0. The lowest BCUT2D eigenvalue weighted by Crippen LogP contribution is -2.66. The molecule has 0 aliphatic heterocycles. The number of carbonyl (C=O) groups excluding carboxylic acids is 1. The molecule has 112 valence electrons. The number of nitrogens with one attached hydrogen (secondary N) is 1. The van der Waals surface area contributed by atoms with Gasteiger partial charge in [0.25, 0.3) is 0 Å². The van der Waals surface area contributed by atoms with Gasteiger partial charge in [0.2, 0.25) is 5.91 Å². The lowest BCUT2D eigenvalue weighted by molar-refractivity contribution is -0.143. The second-order valence-corrected chi connectivity index (χ2v) is 9.35. The van der Waals surface area contributed by atoms with Gasteiger partial charge < -0.3 is 11.1 Å². The molecule has 2 atom stereocenters. The molecule has 5 aliphatic carbocycles. The number of hydrogen-bond acceptors (Lipinski definition) is 2. The third kappa shape index (κ3) is 1.78. The van der Waals surface area contributed by atoms with Crippen molar-refractivity contribution < 1.29 is 4.79 Å². The van der Waals surface area contributed by atoms with Gasteiger partial charge in [-0.05, 0) is 68.1 Å². The van der Waals surface area contributed by atoms with Crippen LogP contribution in [0.4, 0.5) is 0 Å². The van der Waals surface area contributed by atoms with Crippen molar-refractivity contribution in [2.45, 2.75) is 70.8 Å². The van der Waals surface area contributed by atoms with E-state index in [1.165, 1.54) is 38.5 Å². The number of rotatable bonds is 3. The minimum absolute atomic E-state index is 0.0881. The Morgan fingerprint density at radius 3 is 2.15 bits per heavy atom. The van der Waals surface area contributed by atoms with Crippen molar-refractivity contribution in [3.8, 4) is 0 Å². The fourth-order valence-corrected chi connectivity index (χ4v) is 6.64. The Morgan fingerprint density at radius 2 is 1.70 bits per heavy atom. The summed E-state index contributed by atoms with van der Waals surface area (Å²) >= 11 is 0. The van der Waals surface area contributed by atoms with Crippen molar-refractivity contribution in [2.75, 3.05) is 6.54 Å². The number of carbonyl (C=O) groups is 1. The molecule has 5 fully saturated rings. The zero-order chi connectivity index (χ0) is 14.2. The molecule has 0 spiro atoms. The Kier molecular flexibility index (Phi) is 2.36. The molecule has 5 saturated carbocycles. The average Bonchev–Trinajstić information content (AvgIpc) is 3.03. The van der Waals surface area contributed by atoms with Gasteiger partial charge in [-0.15, -0.1) is 0 Å². The highest BCUT2D eigenvalue weighted by Crippen LogP contribution is 2.66. The molecule has 3 heteroatoms. The van der Waals surface area contributed by atoms with E-state index >= 15 is 0 Å². The first-order valence-corrected chi connectivity index (χ1v) is 8.33. The quantitative estimate of drug-likeness (QED) is 0.832. The molecule has 0 aromatic carbocycles. The second kappa shape index (κ2) is 3.60. The van der Waals surface area contributed by atoms with Gasteiger partial charge >= 0.3 is 0 Å². The summed E-state index contributed by atoms with van der Waals surface area (Å²) in [6, 6.07) is 0. The summed E-state index contributed by atoms with van der Waals surface area (Å²) in [6.45, 7) is 5.42. The SMILES string of the molecule is CC12CC3CC(C)(C1)CC(NC(=O)C1(CN)CC1)(C3)C2. The van der Waals surface area contributed by atoms with Crippen LogP contribution in [0.3, 0.4) is 0 Å². The average molecular weight is 276 g/mol. The molecule has 3 nitrogen and oxygen atoms in total. The van der Waals surface area contributed by atoms with Crippen molar-refractivity contribution in [2.24, 2.45) is 27.9 Å². The molecule has 5 rings (SSSR count). The molecule has 0 saturated heterocycles. The molecule has 0 heterocycles. The van der Waals surface area contributed by atoms with Crippen molar-refractivity contribution in [1.82, 2.24) is 5.32 Å². The fraction of sp³-hybridized carbons (Fsp3) is 0.941. The highest BCUT2D eigenvalue weighted by Gasteiger charge is 2.61. The van der Waals surface area contributed by atoms with Crippen LogP contribution in [-0.2, 0) is 4.79 Å². The third-order valence-corrected chi connectivity index (χ3v) is 6.73. The topological polar surface area (TPSA) is 55.1 Å². The number of hydrogen-bond donors (Lipinski definition) is 2. The molecule has 1 amide bonds. The lowest BCUT2D eigenvalue weighted by Gasteiger charge is -2.65. The van der Waals surface area contributed by atoms with Gasteiger partial charge in [-0.3, -0.25) is 4.79 Å². The van der Waals surface area contributed by atoms with Crippen LogP contribution in [0.5, 0.6) is 0 Å². The molecule has 3 N–H and O–H groups in total. The number of amides is 1. The van der Waals surface area contributed by atoms with Gasteiger partial charge in [-0.2, -0.15) is 0 Å². The number of nitrogens with two attached hydrogens (primary N) is 1. The minimum atomic E-state index is -0.203. The predicted molar refractivity (Wildman–Crippen MR) is 79.0 cm³/mol. The van der Waals surface area contributed by atoms with Crippen molar-refractivity contribution in [1.29, 1.82) is 0 Å². The highest BCUT2D eigenvalue weighted by atomic mass is 16.2. The summed E-state index contributed by atoms with van der Waals surface area (Å²) in [5.74, 6) is 1.09. The van der Waals surface area contributed by atoms with Gasteiger partial charge in [-0.1, -0.05) is 13.8 Å². The Hall–Kier alpha value is -0.570. The van der Waals surface area contributed by atoms with Crippen LogP contribution in [0.15, 0.2) is 0 Å². The van der Waals surface area contributed by atoms with Crippen LogP contribution in [0, 0.1) is 22.2 Å². The Morgan fingerprint density at radius 1 is 1.10 bits per heavy atom. The maximum Gasteiger partial charge on any atom is 0.227 e. The van der Waals surface area contributed by atoms with E-state index in [2.05, 4.69) is 19.2 Å². The van der Waals surface area contributed by atoms with E-state index < -0.39 is 0 Å². The Labute approximate surface area is 122 Å². The van der Waals surface area contributed by atoms with Gasteiger partial charge in [0, 0.05) is 12.1 Å². The normalized spacial score (nSPS) is 51.0. The van der Waals surface area contributed by atoms with E-state index in [1.54, 1.807) is 0 Å². The molecule has 0 aromatic heterocycles. The monoisotopic (exact) mass is 276 g/mol. The molecule has 2 unspecified atom stereocenters. The summed E-state index contributed by atoms with van der Waals surface area (Å²) in [5.41, 5.74) is 6.63. The summed E-state index contributed by atoms with van der Waals surface area (Å²) in [7, 11) is 0. The van der Waals surface area contributed by atoms with Gasteiger partial charge in [0.05, 0.1) is 5.41 Å². The van der Waals surface area contributed by atoms with Gasteiger partial charge in [-0.25, -0.2) is 0 Å². The van der Waals surface area contributed by atoms with Crippen LogP contribution in [0.25, 0.3) is 0 Å².